The van der Waals surface area contributed by atoms with Crippen molar-refractivity contribution in [1.29, 1.82) is 0 Å². The number of aromatic nitrogens is 1. The number of hydrogen-bond acceptors (Lipinski definition) is 6. The van der Waals surface area contributed by atoms with E-state index in [1.807, 2.05) is 0 Å². The van der Waals surface area contributed by atoms with Crippen LogP contribution in [-0.2, 0) is 0 Å². The Bertz CT molecular complexity index is 991. The van der Waals surface area contributed by atoms with Crippen LogP contribution in [0.2, 0.25) is 0 Å². The van der Waals surface area contributed by atoms with Crippen LogP contribution in [0.4, 0.5) is 0 Å². The van der Waals surface area contributed by atoms with Crippen molar-refractivity contribution in [1.82, 2.24) is 4.57 Å². The molecule has 1 saturated carbocycles. The summed E-state index contributed by atoms with van der Waals surface area (Å²) in [4.78, 5) is 24.4. The van der Waals surface area contributed by atoms with E-state index in [9.17, 15) is 19.8 Å². The molecule has 0 radical (unpaired) electrons. The second-order valence-corrected chi connectivity index (χ2v) is 6.57. The highest BCUT2D eigenvalue weighted by Crippen LogP contribution is 2.49. The number of carbonyl (C=O) groups is 1. The molecule has 1 fully saturated rings. The number of hydrogen-bond donors (Lipinski definition) is 2. The first-order valence-corrected chi connectivity index (χ1v) is 8.56. The Morgan fingerprint density at radius 3 is 2.44 bits per heavy atom. The van der Waals surface area contributed by atoms with Crippen molar-refractivity contribution in [3.8, 4) is 28.5 Å². The van der Waals surface area contributed by atoms with Gasteiger partial charge in [0.15, 0.2) is 11.5 Å². The first kappa shape index (κ1) is 17.4. The zero-order chi connectivity index (χ0) is 19.3. The van der Waals surface area contributed by atoms with E-state index < -0.39 is 17.6 Å². The highest BCUT2D eigenvalue weighted by molar-refractivity contribution is 5.89. The Balaban J connectivity index is 2.07. The van der Waals surface area contributed by atoms with Gasteiger partial charge in [0.2, 0.25) is 0 Å². The maximum Gasteiger partial charge on any atom is 0.341 e. The molecule has 1 aliphatic carbocycles. The standard InChI is InChI=1S/C19H19NO7/c1-25-14-6-11-13(7-15(14)26-2)27-16(8-21)10-5-12(19(23)24)18(22)20(17(10)11)9-3-4-9/h5-7,9,16,21H,3-4,8H2,1-2H3,(H,23,24). The molecule has 27 heavy (non-hydrogen) atoms. The molecule has 1 aromatic heterocycles. The zero-order valence-electron chi connectivity index (χ0n) is 14.9. The van der Waals surface area contributed by atoms with Crippen LogP contribution < -0.4 is 19.8 Å². The zero-order valence-corrected chi connectivity index (χ0v) is 14.9. The minimum absolute atomic E-state index is 0.0658. The molecule has 2 N–H and O–H groups in total. The summed E-state index contributed by atoms with van der Waals surface area (Å²) >= 11 is 0. The topological polar surface area (TPSA) is 107 Å². The number of benzene rings is 1. The molecule has 1 atom stereocenters. The monoisotopic (exact) mass is 373 g/mol. The number of rotatable bonds is 5. The van der Waals surface area contributed by atoms with E-state index in [0.717, 1.165) is 12.8 Å². The van der Waals surface area contributed by atoms with E-state index in [0.29, 0.717) is 34.1 Å². The average molecular weight is 373 g/mol. The smallest absolute Gasteiger partial charge is 0.341 e. The maximum atomic E-state index is 12.9. The molecule has 8 heteroatoms. The summed E-state index contributed by atoms with van der Waals surface area (Å²) in [6, 6.07) is 4.59. The van der Waals surface area contributed by atoms with Gasteiger partial charge in [-0.3, -0.25) is 4.79 Å². The molecule has 2 aromatic rings. The quantitative estimate of drug-likeness (QED) is 0.825. The Morgan fingerprint density at radius 1 is 1.22 bits per heavy atom. The lowest BCUT2D eigenvalue weighted by Gasteiger charge is -2.31. The molecule has 0 saturated heterocycles. The van der Waals surface area contributed by atoms with Crippen molar-refractivity contribution in [3.05, 3.63) is 39.7 Å². The molecule has 0 amide bonds. The molecule has 2 heterocycles. The Labute approximate surface area is 154 Å². The number of methoxy groups -OCH3 is 2. The number of aromatic carboxylic acids is 1. The third-order valence-corrected chi connectivity index (χ3v) is 4.93. The predicted molar refractivity (Wildman–Crippen MR) is 94.9 cm³/mol. The molecule has 4 rings (SSSR count). The minimum atomic E-state index is -1.30. The first-order chi connectivity index (χ1) is 13.0. The number of aliphatic hydroxyl groups excluding tert-OH is 1. The molecule has 2 aliphatic rings. The second-order valence-electron chi connectivity index (χ2n) is 6.57. The molecule has 1 unspecified atom stereocenters. The number of fused-ring (bicyclic) bond motifs is 3. The van der Waals surface area contributed by atoms with Crippen LogP contribution in [0.15, 0.2) is 23.0 Å². The molecule has 142 valence electrons. The predicted octanol–water partition coefficient (Wildman–Crippen LogP) is 1.99. The van der Waals surface area contributed by atoms with Crippen LogP contribution in [0.3, 0.4) is 0 Å². The SMILES string of the molecule is COc1cc2c(cc1OC)-c1c(cc(C(=O)O)c(=O)n1C1CC1)C(CO)O2. The Hall–Kier alpha value is -3.00. The fraction of sp³-hybridized carbons (Fsp3) is 0.368. The van der Waals surface area contributed by atoms with Crippen molar-refractivity contribution in [2.24, 2.45) is 0 Å². The van der Waals surface area contributed by atoms with Crippen LogP contribution in [0.5, 0.6) is 17.2 Å². The van der Waals surface area contributed by atoms with E-state index in [1.165, 1.54) is 24.9 Å². The highest BCUT2D eigenvalue weighted by atomic mass is 16.5. The lowest BCUT2D eigenvalue weighted by atomic mass is 9.95. The number of aliphatic hydroxyl groups is 1. The van der Waals surface area contributed by atoms with E-state index in [-0.39, 0.29) is 18.2 Å². The van der Waals surface area contributed by atoms with Crippen LogP contribution in [0.25, 0.3) is 11.3 Å². The second kappa shape index (κ2) is 6.31. The van der Waals surface area contributed by atoms with Gasteiger partial charge < -0.3 is 29.0 Å². The van der Waals surface area contributed by atoms with E-state index in [4.69, 9.17) is 14.2 Å². The van der Waals surface area contributed by atoms with E-state index >= 15 is 0 Å². The lowest BCUT2D eigenvalue weighted by Crippen LogP contribution is -2.31. The average Bonchev–Trinajstić information content (AvgIpc) is 3.50. The molecule has 0 spiro atoms. The third kappa shape index (κ3) is 2.64. The molecule has 1 aromatic carbocycles. The van der Waals surface area contributed by atoms with Crippen molar-refractivity contribution in [2.45, 2.75) is 25.0 Å². The fourth-order valence-corrected chi connectivity index (χ4v) is 3.52. The molecular weight excluding hydrogens is 354 g/mol. The third-order valence-electron chi connectivity index (χ3n) is 4.93. The summed E-state index contributed by atoms with van der Waals surface area (Å²) in [6.45, 7) is -0.358. The van der Waals surface area contributed by atoms with Gasteiger partial charge in [0, 0.05) is 23.2 Å². The normalized spacial score (nSPS) is 17.5. The number of carboxylic acid groups (broad SMARTS) is 1. The molecule has 8 nitrogen and oxygen atoms in total. The molecule has 1 aliphatic heterocycles. The van der Waals surface area contributed by atoms with Crippen molar-refractivity contribution >= 4 is 5.97 Å². The van der Waals surface area contributed by atoms with Gasteiger partial charge in [-0.25, -0.2) is 4.79 Å². The summed E-state index contributed by atoms with van der Waals surface area (Å²) in [6.07, 6.45) is 0.806. The minimum Gasteiger partial charge on any atom is -0.493 e. The van der Waals surface area contributed by atoms with Gasteiger partial charge in [0.1, 0.15) is 17.4 Å². The van der Waals surface area contributed by atoms with E-state index in [2.05, 4.69) is 0 Å². The molecule has 0 bridgehead atoms. The summed E-state index contributed by atoms with van der Waals surface area (Å²) in [5.74, 6) is 0.0623. The molecular formula is C19H19NO7. The fourth-order valence-electron chi connectivity index (χ4n) is 3.52. The van der Waals surface area contributed by atoms with Crippen molar-refractivity contribution in [2.75, 3.05) is 20.8 Å². The maximum absolute atomic E-state index is 12.9. The number of nitrogens with zero attached hydrogens (tertiary/aromatic N) is 1. The van der Waals surface area contributed by atoms with Crippen molar-refractivity contribution < 1.29 is 29.2 Å². The van der Waals surface area contributed by atoms with Crippen LogP contribution >= 0.6 is 0 Å². The van der Waals surface area contributed by atoms with Crippen LogP contribution in [0.1, 0.15) is 40.9 Å². The van der Waals surface area contributed by atoms with Crippen molar-refractivity contribution in [3.63, 3.8) is 0 Å². The summed E-state index contributed by atoms with van der Waals surface area (Å²) in [7, 11) is 3.01. The number of ether oxygens (including phenoxy) is 3. The van der Waals surface area contributed by atoms with Gasteiger partial charge >= 0.3 is 5.97 Å². The van der Waals surface area contributed by atoms with E-state index in [1.54, 1.807) is 12.1 Å². The van der Waals surface area contributed by atoms with Gasteiger partial charge in [0.05, 0.1) is 26.5 Å². The number of pyridine rings is 1. The first-order valence-electron chi connectivity index (χ1n) is 8.56. The van der Waals surface area contributed by atoms with Gasteiger partial charge in [-0.15, -0.1) is 0 Å². The largest absolute Gasteiger partial charge is 0.493 e. The van der Waals surface area contributed by atoms with Crippen LogP contribution in [-0.4, -0.2) is 41.6 Å². The number of carboxylic acids is 1. The van der Waals surface area contributed by atoms with Crippen LogP contribution in [0, 0.1) is 0 Å². The summed E-state index contributed by atoms with van der Waals surface area (Å²) in [5, 5.41) is 19.3. The Morgan fingerprint density at radius 2 is 1.89 bits per heavy atom. The van der Waals surface area contributed by atoms with Gasteiger partial charge in [-0.1, -0.05) is 0 Å². The van der Waals surface area contributed by atoms with Gasteiger partial charge in [-0.05, 0) is 25.0 Å². The Kier molecular flexibility index (Phi) is 4.07. The lowest BCUT2D eigenvalue weighted by molar-refractivity contribution is 0.0692. The highest BCUT2D eigenvalue weighted by Gasteiger charge is 2.37. The summed E-state index contributed by atoms with van der Waals surface area (Å²) in [5.41, 5.74) is 0.762. The van der Waals surface area contributed by atoms with Gasteiger partial charge in [-0.2, -0.15) is 0 Å². The summed E-state index contributed by atoms with van der Waals surface area (Å²) < 4.78 is 18.1. The van der Waals surface area contributed by atoms with Gasteiger partial charge in [0.25, 0.3) is 5.56 Å².